The number of nitrogens with one attached hydrogen (secondary N) is 1. The molecule has 2 atom stereocenters. The van der Waals surface area contributed by atoms with Crippen molar-refractivity contribution < 1.29 is 19.1 Å². The number of Topliss-reactive ketones (excluding diaryl/α,β-unsaturated/α-hetero) is 1. The average Bonchev–Trinajstić information content (AvgIpc) is 3.47. The summed E-state index contributed by atoms with van der Waals surface area (Å²) in [5.74, 6) is 0.476. The van der Waals surface area contributed by atoms with Crippen LogP contribution >= 0.6 is 0 Å². The van der Waals surface area contributed by atoms with Crippen LogP contribution in [0.2, 0.25) is 0 Å². The molecule has 0 saturated carbocycles. The lowest BCUT2D eigenvalue weighted by Crippen LogP contribution is -2.44. The lowest BCUT2D eigenvalue weighted by atomic mass is 10.0. The molecular weight excluding hydrogens is 550 g/mol. The van der Waals surface area contributed by atoms with E-state index in [4.69, 9.17) is 14.5 Å². The Balaban J connectivity index is 1.34. The highest BCUT2D eigenvalue weighted by Crippen LogP contribution is 2.27. The molecule has 1 saturated heterocycles. The topological polar surface area (TPSA) is 80.8 Å². The zero-order chi connectivity index (χ0) is 30.7. The number of likely N-dealkylation sites (tertiary alicyclic amines) is 1. The van der Waals surface area contributed by atoms with E-state index in [0.29, 0.717) is 42.5 Å². The normalized spacial score (nSPS) is 15.7. The molecule has 4 aromatic rings. The Kier molecular flexibility index (Phi) is 11.1. The van der Waals surface area contributed by atoms with Gasteiger partial charge in [-0.25, -0.2) is 4.98 Å². The summed E-state index contributed by atoms with van der Waals surface area (Å²) in [7, 11) is 2.15. The zero-order valence-corrected chi connectivity index (χ0v) is 25.8. The van der Waals surface area contributed by atoms with Crippen LogP contribution in [0.3, 0.4) is 0 Å². The van der Waals surface area contributed by atoms with E-state index in [0.717, 1.165) is 48.1 Å². The second kappa shape index (κ2) is 15.6. The van der Waals surface area contributed by atoms with Gasteiger partial charge >= 0.3 is 0 Å². The first-order chi connectivity index (χ1) is 21.5. The van der Waals surface area contributed by atoms with Gasteiger partial charge in [-0.1, -0.05) is 55.5 Å². The monoisotopic (exact) mass is 593 g/mol. The second-order valence-corrected chi connectivity index (χ2v) is 11.6. The Hall–Kier alpha value is -4.07. The molecule has 0 aliphatic carbocycles. The summed E-state index contributed by atoms with van der Waals surface area (Å²) in [5.41, 5.74) is 3.77. The fourth-order valence-electron chi connectivity index (χ4n) is 5.80. The molecule has 1 amide bonds. The van der Waals surface area contributed by atoms with Gasteiger partial charge in [0.1, 0.15) is 11.8 Å². The van der Waals surface area contributed by atoms with Crippen molar-refractivity contribution in [3.63, 3.8) is 0 Å². The molecule has 2 heterocycles. The third kappa shape index (κ3) is 8.30. The van der Waals surface area contributed by atoms with Gasteiger partial charge in [0.05, 0.1) is 36.6 Å². The number of para-hydroxylation sites is 1. The first kappa shape index (κ1) is 31.4. The maximum absolute atomic E-state index is 13.9. The van der Waals surface area contributed by atoms with Crippen molar-refractivity contribution in [2.75, 3.05) is 26.8 Å². The van der Waals surface area contributed by atoms with Crippen LogP contribution in [-0.4, -0.2) is 60.5 Å². The van der Waals surface area contributed by atoms with Gasteiger partial charge in [0.2, 0.25) is 0 Å². The summed E-state index contributed by atoms with van der Waals surface area (Å²) in [4.78, 5) is 34.7. The minimum Gasteiger partial charge on any atom is -0.494 e. The van der Waals surface area contributed by atoms with Gasteiger partial charge in [0.25, 0.3) is 5.91 Å². The van der Waals surface area contributed by atoms with Crippen LogP contribution in [0.15, 0.2) is 84.9 Å². The number of benzene rings is 3. The smallest absolute Gasteiger partial charge is 0.252 e. The fourth-order valence-corrected chi connectivity index (χ4v) is 5.80. The SMILES string of the molecule is CCCOc1ccc(-c2cc(C(=O)NC(COCc3ccccc3)C(=O)CCCC3CCCN3C)c3ccccc3n2)cc1. The Labute approximate surface area is 260 Å². The number of nitrogens with zero attached hydrogens (tertiary/aromatic N) is 2. The maximum atomic E-state index is 13.9. The van der Waals surface area contributed by atoms with Gasteiger partial charge in [-0.05, 0) is 87.7 Å². The minimum absolute atomic E-state index is 0.00619. The summed E-state index contributed by atoms with van der Waals surface area (Å²) in [6.45, 7) is 4.32. The Morgan fingerprint density at radius 2 is 1.80 bits per heavy atom. The van der Waals surface area contributed by atoms with E-state index < -0.39 is 6.04 Å². The highest BCUT2D eigenvalue weighted by molar-refractivity contribution is 6.08. The standard InChI is InChI=1S/C37H43N3O4/c1-3-23-44-30-20-18-28(19-21-30)34-24-32(31-15-7-8-16-33(31)38-34)37(42)39-35(26-43-25-27-11-5-4-6-12-27)36(41)17-9-13-29-14-10-22-40(29)2/h4-8,11-12,15-16,18-21,24,29,35H,3,9-10,13-14,17,22-23,25-26H2,1-2H3,(H,39,42). The molecule has 1 aliphatic rings. The summed E-state index contributed by atoms with van der Waals surface area (Å²) in [5, 5.41) is 3.77. The van der Waals surface area contributed by atoms with E-state index in [9.17, 15) is 9.59 Å². The number of ketones is 1. The third-order valence-electron chi connectivity index (χ3n) is 8.31. The van der Waals surface area contributed by atoms with E-state index in [1.165, 1.54) is 12.8 Å². The summed E-state index contributed by atoms with van der Waals surface area (Å²) in [6.07, 6.45) is 5.49. The number of carbonyl (C=O) groups excluding carboxylic acids is 2. The molecule has 230 valence electrons. The number of fused-ring (bicyclic) bond motifs is 1. The molecule has 1 N–H and O–H groups in total. The minimum atomic E-state index is -0.752. The first-order valence-electron chi connectivity index (χ1n) is 15.8. The molecule has 3 aromatic carbocycles. The van der Waals surface area contributed by atoms with Crippen molar-refractivity contribution >= 4 is 22.6 Å². The number of ether oxygens (including phenoxy) is 2. The molecule has 1 fully saturated rings. The van der Waals surface area contributed by atoms with Crippen molar-refractivity contribution in [1.82, 2.24) is 15.2 Å². The lowest BCUT2D eigenvalue weighted by Gasteiger charge is -2.21. The Morgan fingerprint density at radius 3 is 2.55 bits per heavy atom. The molecule has 0 spiro atoms. The van der Waals surface area contributed by atoms with Crippen molar-refractivity contribution in [1.29, 1.82) is 0 Å². The quantitative estimate of drug-likeness (QED) is 0.163. The van der Waals surface area contributed by atoms with E-state index in [1.54, 1.807) is 0 Å². The van der Waals surface area contributed by atoms with Crippen molar-refractivity contribution in [2.24, 2.45) is 0 Å². The highest BCUT2D eigenvalue weighted by Gasteiger charge is 2.25. The average molecular weight is 594 g/mol. The van der Waals surface area contributed by atoms with Crippen LogP contribution in [0, 0.1) is 0 Å². The highest BCUT2D eigenvalue weighted by atomic mass is 16.5. The third-order valence-corrected chi connectivity index (χ3v) is 8.31. The van der Waals surface area contributed by atoms with Crippen molar-refractivity contribution in [3.8, 4) is 17.0 Å². The molecule has 7 nitrogen and oxygen atoms in total. The van der Waals surface area contributed by atoms with Crippen LogP contribution < -0.4 is 10.1 Å². The lowest BCUT2D eigenvalue weighted by molar-refractivity contribution is -0.122. The number of aromatic nitrogens is 1. The number of pyridine rings is 1. The van der Waals surface area contributed by atoms with Gasteiger partial charge in [-0.15, -0.1) is 0 Å². The number of rotatable bonds is 15. The van der Waals surface area contributed by atoms with Gasteiger partial charge in [0.15, 0.2) is 5.78 Å². The van der Waals surface area contributed by atoms with Crippen LogP contribution in [0.5, 0.6) is 5.75 Å². The second-order valence-electron chi connectivity index (χ2n) is 11.6. The summed E-state index contributed by atoms with van der Waals surface area (Å²) >= 11 is 0. The van der Waals surface area contributed by atoms with E-state index in [1.807, 2.05) is 84.9 Å². The Bertz CT molecular complexity index is 1520. The van der Waals surface area contributed by atoms with Crippen molar-refractivity contribution in [3.05, 3.63) is 96.1 Å². The molecular formula is C37H43N3O4. The van der Waals surface area contributed by atoms with Crippen LogP contribution in [0.4, 0.5) is 0 Å². The molecule has 7 heteroatoms. The molecule has 1 aliphatic heterocycles. The van der Waals surface area contributed by atoms with Crippen LogP contribution in [0.1, 0.15) is 61.4 Å². The number of hydrogen-bond donors (Lipinski definition) is 1. The van der Waals surface area contributed by atoms with Gasteiger partial charge in [0, 0.05) is 23.4 Å². The van der Waals surface area contributed by atoms with Gasteiger partial charge in [-0.2, -0.15) is 0 Å². The molecule has 2 unspecified atom stereocenters. The molecule has 5 rings (SSSR count). The number of amides is 1. The van der Waals surface area contributed by atoms with Gasteiger partial charge in [-0.3, -0.25) is 9.59 Å². The molecule has 1 aromatic heterocycles. The molecule has 44 heavy (non-hydrogen) atoms. The first-order valence-corrected chi connectivity index (χ1v) is 15.8. The van der Waals surface area contributed by atoms with Crippen LogP contribution in [-0.2, 0) is 16.1 Å². The largest absolute Gasteiger partial charge is 0.494 e. The number of hydrogen-bond acceptors (Lipinski definition) is 6. The summed E-state index contributed by atoms with van der Waals surface area (Å²) in [6, 6.07) is 26.8. The van der Waals surface area contributed by atoms with E-state index in [-0.39, 0.29) is 18.3 Å². The summed E-state index contributed by atoms with van der Waals surface area (Å²) < 4.78 is 11.7. The van der Waals surface area contributed by atoms with E-state index in [2.05, 4.69) is 24.2 Å². The van der Waals surface area contributed by atoms with Gasteiger partial charge < -0.3 is 19.7 Å². The van der Waals surface area contributed by atoms with Crippen LogP contribution in [0.25, 0.3) is 22.2 Å². The number of carbonyl (C=O) groups is 2. The predicted molar refractivity (Wildman–Crippen MR) is 175 cm³/mol. The molecule has 0 bridgehead atoms. The maximum Gasteiger partial charge on any atom is 0.252 e. The van der Waals surface area contributed by atoms with Crippen molar-refractivity contribution in [2.45, 2.75) is 64.1 Å². The fraction of sp³-hybridized carbons (Fsp3) is 0.378. The molecule has 0 radical (unpaired) electrons. The Morgan fingerprint density at radius 1 is 1.02 bits per heavy atom. The zero-order valence-electron chi connectivity index (χ0n) is 25.8. The predicted octanol–water partition coefficient (Wildman–Crippen LogP) is 6.84. The van der Waals surface area contributed by atoms with E-state index >= 15 is 0 Å².